The molecule has 4 rings (SSSR count). The molecule has 0 aromatic heterocycles. The van der Waals surface area contributed by atoms with E-state index in [0.29, 0.717) is 37.7 Å². The van der Waals surface area contributed by atoms with Crippen LogP contribution in [0.3, 0.4) is 0 Å². The number of unbranched alkanes of at least 4 members (excludes halogenated alkanes) is 1. The third-order valence-electron chi connectivity index (χ3n) is 9.02. The number of carbonyl (C=O) groups is 6. The first-order valence-electron chi connectivity index (χ1n) is 18.7. The van der Waals surface area contributed by atoms with E-state index in [4.69, 9.17) is 9.47 Å². The Morgan fingerprint density at radius 2 is 1.27 bits per heavy atom. The van der Waals surface area contributed by atoms with Crippen LogP contribution in [0, 0.1) is 0 Å². The summed E-state index contributed by atoms with van der Waals surface area (Å²) < 4.78 is 10.8. The Morgan fingerprint density at radius 3 is 1.85 bits per heavy atom. The van der Waals surface area contributed by atoms with Gasteiger partial charge in [-0.1, -0.05) is 78.9 Å². The van der Waals surface area contributed by atoms with Crippen molar-refractivity contribution >= 4 is 35.8 Å². The van der Waals surface area contributed by atoms with Crippen LogP contribution in [-0.2, 0) is 41.5 Å². The van der Waals surface area contributed by atoms with Crippen molar-refractivity contribution in [1.82, 2.24) is 20.9 Å². The number of hydrogen-bond acceptors (Lipinski definition) is 8. The minimum Gasteiger partial charge on any atom is -0.480 e. The molecule has 1 heterocycles. The van der Waals surface area contributed by atoms with Gasteiger partial charge in [-0.3, -0.25) is 14.4 Å². The van der Waals surface area contributed by atoms with Gasteiger partial charge in [0.1, 0.15) is 29.8 Å². The van der Waals surface area contributed by atoms with Crippen molar-refractivity contribution in [2.24, 2.45) is 0 Å². The van der Waals surface area contributed by atoms with E-state index in [1.807, 2.05) is 36.4 Å². The van der Waals surface area contributed by atoms with Gasteiger partial charge >= 0.3 is 18.0 Å². The molecule has 13 heteroatoms. The van der Waals surface area contributed by atoms with E-state index in [1.54, 1.807) is 75.4 Å². The van der Waals surface area contributed by atoms with Crippen LogP contribution < -0.4 is 16.0 Å². The van der Waals surface area contributed by atoms with Crippen LogP contribution in [0.4, 0.5) is 4.79 Å². The molecule has 55 heavy (non-hydrogen) atoms. The van der Waals surface area contributed by atoms with Crippen molar-refractivity contribution < 1.29 is 43.3 Å². The summed E-state index contributed by atoms with van der Waals surface area (Å²) in [6, 6.07) is 22.2. The predicted molar refractivity (Wildman–Crippen MR) is 205 cm³/mol. The second-order valence-electron chi connectivity index (χ2n) is 14.6. The van der Waals surface area contributed by atoms with Crippen LogP contribution in [0.25, 0.3) is 0 Å². The zero-order chi connectivity index (χ0) is 39.8. The summed E-state index contributed by atoms with van der Waals surface area (Å²) in [5, 5.41) is 18.2. The van der Waals surface area contributed by atoms with Crippen molar-refractivity contribution in [2.75, 3.05) is 13.2 Å². The Balaban J connectivity index is 1.53. The van der Waals surface area contributed by atoms with E-state index >= 15 is 0 Å². The first kappa shape index (κ1) is 42.0. The molecule has 4 N–H and O–H groups in total. The van der Waals surface area contributed by atoms with E-state index in [2.05, 4.69) is 16.0 Å². The summed E-state index contributed by atoms with van der Waals surface area (Å²) in [6.07, 6.45) is 1.83. The maximum Gasteiger partial charge on any atom is 0.408 e. The molecule has 1 saturated heterocycles. The Hall–Kier alpha value is -5.72. The van der Waals surface area contributed by atoms with Crippen LogP contribution in [-0.4, -0.2) is 88.7 Å². The van der Waals surface area contributed by atoms with Crippen LogP contribution in [0.5, 0.6) is 0 Å². The maximum absolute atomic E-state index is 14.2. The summed E-state index contributed by atoms with van der Waals surface area (Å²) in [5.41, 5.74) is 1.05. The SMILES string of the molecule is CC(C)(C)OC(=O)N[C@@H](CCCCOC(=O)c1ccccc1)C(=O)N[C@@H](Cc1ccccc1)C(=O)N[C@@H](Cc1ccccc1)C(=O)N1CCCC[C@@H]1C(=O)O. The van der Waals surface area contributed by atoms with Crippen LogP contribution in [0.15, 0.2) is 91.0 Å². The van der Waals surface area contributed by atoms with Crippen molar-refractivity contribution in [3.05, 3.63) is 108 Å². The molecular weight excluding hydrogens is 704 g/mol. The molecule has 4 atom stereocenters. The summed E-state index contributed by atoms with van der Waals surface area (Å²) in [6.45, 7) is 5.41. The molecule has 3 aromatic rings. The van der Waals surface area contributed by atoms with Crippen molar-refractivity contribution in [2.45, 2.75) is 102 Å². The number of alkyl carbamates (subject to hydrolysis) is 1. The number of amides is 4. The minimum atomic E-state index is -1.19. The van der Waals surface area contributed by atoms with Crippen molar-refractivity contribution in [1.29, 1.82) is 0 Å². The number of esters is 1. The number of hydrogen-bond donors (Lipinski definition) is 4. The lowest BCUT2D eigenvalue weighted by atomic mass is 9.98. The fourth-order valence-corrected chi connectivity index (χ4v) is 6.30. The van der Waals surface area contributed by atoms with E-state index < -0.39 is 65.5 Å². The number of carboxylic acids is 1. The number of aliphatic carboxylic acids is 1. The summed E-state index contributed by atoms with van der Waals surface area (Å²) in [7, 11) is 0. The van der Waals surface area contributed by atoms with E-state index in [-0.39, 0.29) is 32.4 Å². The highest BCUT2D eigenvalue weighted by atomic mass is 16.6. The zero-order valence-electron chi connectivity index (χ0n) is 31.7. The Bertz CT molecular complexity index is 1730. The molecule has 4 amide bonds. The number of carboxylic acid groups (broad SMARTS) is 1. The molecular formula is C42H52N4O9. The zero-order valence-corrected chi connectivity index (χ0v) is 31.7. The van der Waals surface area contributed by atoms with Gasteiger partial charge in [-0.15, -0.1) is 0 Å². The van der Waals surface area contributed by atoms with Gasteiger partial charge in [-0.2, -0.15) is 0 Å². The molecule has 1 aliphatic heterocycles. The molecule has 0 spiro atoms. The van der Waals surface area contributed by atoms with Gasteiger partial charge in [0, 0.05) is 19.4 Å². The highest BCUT2D eigenvalue weighted by Crippen LogP contribution is 2.20. The number of ether oxygens (including phenoxy) is 2. The second-order valence-corrected chi connectivity index (χ2v) is 14.6. The number of rotatable bonds is 17. The molecule has 13 nitrogen and oxygen atoms in total. The van der Waals surface area contributed by atoms with Crippen LogP contribution in [0.1, 0.15) is 80.8 Å². The smallest absolute Gasteiger partial charge is 0.408 e. The van der Waals surface area contributed by atoms with Gasteiger partial charge in [-0.05, 0) is 82.6 Å². The number of benzene rings is 3. The number of nitrogens with zero attached hydrogens (tertiary/aromatic N) is 1. The Morgan fingerprint density at radius 1 is 0.727 bits per heavy atom. The molecule has 3 aromatic carbocycles. The average molecular weight is 757 g/mol. The minimum absolute atomic E-state index is 0.0563. The van der Waals surface area contributed by atoms with E-state index in [9.17, 15) is 33.9 Å². The van der Waals surface area contributed by atoms with Crippen LogP contribution in [0.2, 0.25) is 0 Å². The molecule has 1 aliphatic rings. The lowest BCUT2D eigenvalue weighted by molar-refractivity contribution is -0.153. The normalized spacial score (nSPS) is 15.8. The predicted octanol–water partition coefficient (Wildman–Crippen LogP) is 4.83. The van der Waals surface area contributed by atoms with Crippen molar-refractivity contribution in [3.63, 3.8) is 0 Å². The lowest BCUT2D eigenvalue weighted by Gasteiger charge is -2.36. The average Bonchev–Trinajstić information content (AvgIpc) is 3.16. The quantitative estimate of drug-likeness (QED) is 0.111. The number of nitrogens with one attached hydrogen (secondary N) is 3. The summed E-state index contributed by atoms with van der Waals surface area (Å²) in [5.74, 6) is -3.41. The van der Waals surface area contributed by atoms with Crippen LogP contribution >= 0.6 is 0 Å². The number of likely N-dealkylation sites (tertiary alicyclic amines) is 1. The van der Waals surface area contributed by atoms with Gasteiger partial charge in [-0.25, -0.2) is 14.4 Å². The highest BCUT2D eigenvalue weighted by Gasteiger charge is 2.37. The Kier molecular flexibility index (Phi) is 15.8. The van der Waals surface area contributed by atoms with Gasteiger partial charge < -0.3 is 35.4 Å². The molecule has 0 radical (unpaired) electrons. The molecule has 0 unspecified atom stereocenters. The summed E-state index contributed by atoms with van der Waals surface area (Å²) in [4.78, 5) is 81.0. The maximum atomic E-state index is 14.2. The first-order chi connectivity index (χ1) is 26.3. The van der Waals surface area contributed by atoms with E-state index in [0.717, 1.165) is 11.1 Å². The largest absolute Gasteiger partial charge is 0.480 e. The fraction of sp³-hybridized carbons (Fsp3) is 0.429. The number of carbonyl (C=O) groups excluding carboxylic acids is 5. The third-order valence-corrected chi connectivity index (χ3v) is 9.02. The third kappa shape index (κ3) is 13.9. The standard InChI is InChI=1S/C42H52N4O9/c1-42(2,3)55-41(53)45-32(23-14-16-26-54-40(52)31-21-11-6-12-22-31)36(47)43-33(27-29-17-7-4-8-18-29)37(48)44-34(28-30-19-9-5-10-20-30)38(49)46-25-15-13-24-35(46)39(50)51/h4-12,17-22,32-35H,13-16,23-28H2,1-3H3,(H,43,47)(H,44,48)(H,45,53)(H,50,51)/t32-,33-,34-,35+/m0/s1. The van der Waals surface area contributed by atoms with Gasteiger partial charge in [0.05, 0.1) is 12.2 Å². The molecule has 0 aliphatic carbocycles. The monoisotopic (exact) mass is 756 g/mol. The van der Waals surface area contributed by atoms with E-state index in [1.165, 1.54) is 4.90 Å². The lowest BCUT2D eigenvalue weighted by Crippen LogP contribution is -2.60. The molecule has 1 fully saturated rings. The molecule has 0 bridgehead atoms. The first-order valence-corrected chi connectivity index (χ1v) is 18.7. The fourth-order valence-electron chi connectivity index (χ4n) is 6.30. The molecule has 294 valence electrons. The highest BCUT2D eigenvalue weighted by molar-refractivity contribution is 5.95. The topological polar surface area (TPSA) is 180 Å². The van der Waals surface area contributed by atoms with Crippen molar-refractivity contribution in [3.8, 4) is 0 Å². The summed E-state index contributed by atoms with van der Waals surface area (Å²) >= 11 is 0. The number of piperidine rings is 1. The Labute approximate surface area is 322 Å². The van der Waals surface area contributed by atoms with Gasteiger partial charge in [0.15, 0.2) is 0 Å². The molecule has 0 saturated carbocycles. The second kappa shape index (κ2) is 20.7. The van der Waals surface area contributed by atoms with Gasteiger partial charge in [0.2, 0.25) is 17.7 Å². The van der Waals surface area contributed by atoms with Gasteiger partial charge in [0.25, 0.3) is 0 Å².